The van der Waals surface area contributed by atoms with Crippen molar-refractivity contribution in [3.63, 3.8) is 0 Å². The molecule has 0 aliphatic heterocycles. The lowest BCUT2D eigenvalue weighted by molar-refractivity contribution is -0.384. The summed E-state index contributed by atoms with van der Waals surface area (Å²) in [5.74, 6) is 0.0263. The Bertz CT molecular complexity index is 521. The molecule has 2 atom stereocenters. The summed E-state index contributed by atoms with van der Waals surface area (Å²) in [5, 5.41) is 16.7. The molecule has 0 saturated heterocycles. The number of rotatable bonds is 6. The molecule has 0 aromatic heterocycles. The molecule has 7 heteroatoms. The molecule has 1 aliphatic rings. The maximum absolute atomic E-state index is 11.9. The van der Waals surface area contributed by atoms with E-state index in [2.05, 4.69) is 10.6 Å². The van der Waals surface area contributed by atoms with E-state index in [-0.39, 0.29) is 23.6 Å². The second kappa shape index (κ2) is 7.03. The lowest BCUT2D eigenvalue weighted by Crippen LogP contribution is -2.33. The first kappa shape index (κ1) is 15.2. The van der Waals surface area contributed by atoms with Gasteiger partial charge in [-0.15, -0.1) is 0 Å². The fourth-order valence-corrected chi connectivity index (χ4v) is 2.56. The van der Waals surface area contributed by atoms with Gasteiger partial charge in [-0.1, -0.05) is 12.1 Å². The monoisotopic (exact) mass is 292 g/mol. The van der Waals surface area contributed by atoms with Gasteiger partial charge in [0, 0.05) is 31.1 Å². The number of hydrogen-bond acceptors (Lipinski definition) is 5. The normalized spacial score (nSPS) is 21.0. The highest BCUT2D eigenvalue weighted by atomic mass is 16.6. The number of carbonyl (C=O) groups is 1. The number of nitro benzene ring substituents is 1. The molecule has 1 aliphatic carbocycles. The smallest absolute Gasteiger partial charge is 0.292 e. The van der Waals surface area contributed by atoms with Crippen molar-refractivity contribution < 1.29 is 9.72 Å². The van der Waals surface area contributed by atoms with Gasteiger partial charge in [0.2, 0.25) is 5.91 Å². The van der Waals surface area contributed by atoms with Crippen LogP contribution in [0.5, 0.6) is 0 Å². The van der Waals surface area contributed by atoms with Gasteiger partial charge >= 0.3 is 0 Å². The predicted octanol–water partition coefficient (Wildman–Crippen LogP) is 1.25. The minimum absolute atomic E-state index is 0.00561. The molecule has 2 unspecified atom stereocenters. The first-order chi connectivity index (χ1) is 10.1. The molecule has 0 radical (unpaired) electrons. The van der Waals surface area contributed by atoms with Gasteiger partial charge in [0.25, 0.3) is 5.69 Å². The summed E-state index contributed by atoms with van der Waals surface area (Å²) in [5.41, 5.74) is 6.27. The van der Waals surface area contributed by atoms with Gasteiger partial charge < -0.3 is 16.4 Å². The van der Waals surface area contributed by atoms with Crippen LogP contribution >= 0.6 is 0 Å². The Morgan fingerprint density at radius 3 is 2.76 bits per heavy atom. The van der Waals surface area contributed by atoms with Crippen LogP contribution in [-0.4, -0.2) is 30.0 Å². The van der Waals surface area contributed by atoms with Gasteiger partial charge in [-0.3, -0.25) is 14.9 Å². The molecule has 0 heterocycles. The number of benzene rings is 1. The average molecular weight is 292 g/mol. The van der Waals surface area contributed by atoms with Crippen molar-refractivity contribution in [1.29, 1.82) is 0 Å². The Morgan fingerprint density at radius 2 is 2.10 bits per heavy atom. The molecule has 1 aromatic carbocycles. The maximum Gasteiger partial charge on any atom is 0.292 e. The van der Waals surface area contributed by atoms with Crippen molar-refractivity contribution in [1.82, 2.24) is 5.32 Å². The SMILES string of the molecule is NC1CCC(C(=O)NCCNc2ccccc2[N+](=O)[O-])C1. The number of anilines is 1. The number of nitrogens with two attached hydrogens (primary N) is 1. The maximum atomic E-state index is 11.9. The fourth-order valence-electron chi connectivity index (χ4n) is 2.56. The number of nitrogens with zero attached hydrogens (tertiary/aromatic N) is 1. The highest BCUT2D eigenvalue weighted by molar-refractivity contribution is 5.79. The Balaban J connectivity index is 1.75. The largest absolute Gasteiger partial charge is 0.378 e. The summed E-state index contributed by atoms with van der Waals surface area (Å²) in [7, 11) is 0. The van der Waals surface area contributed by atoms with Gasteiger partial charge in [-0.2, -0.15) is 0 Å². The van der Waals surface area contributed by atoms with Crippen LogP contribution in [0.1, 0.15) is 19.3 Å². The highest BCUT2D eigenvalue weighted by Crippen LogP contribution is 2.24. The summed E-state index contributed by atoms with van der Waals surface area (Å²) < 4.78 is 0. The van der Waals surface area contributed by atoms with Crippen molar-refractivity contribution in [2.45, 2.75) is 25.3 Å². The van der Waals surface area contributed by atoms with Crippen LogP contribution in [0.15, 0.2) is 24.3 Å². The molecular weight excluding hydrogens is 272 g/mol. The second-order valence-corrected chi connectivity index (χ2v) is 5.26. The summed E-state index contributed by atoms with van der Waals surface area (Å²) in [4.78, 5) is 22.3. The first-order valence-electron chi connectivity index (χ1n) is 7.08. The van der Waals surface area contributed by atoms with E-state index in [9.17, 15) is 14.9 Å². The molecule has 0 spiro atoms. The van der Waals surface area contributed by atoms with E-state index in [4.69, 9.17) is 5.73 Å². The second-order valence-electron chi connectivity index (χ2n) is 5.26. The summed E-state index contributed by atoms with van der Waals surface area (Å²) >= 11 is 0. The Kier molecular flexibility index (Phi) is 5.10. The van der Waals surface area contributed by atoms with E-state index in [0.29, 0.717) is 18.8 Å². The van der Waals surface area contributed by atoms with Crippen LogP contribution in [0.3, 0.4) is 0 Å². The number of amides is 1. The zero-order valence-corrected chi connectivity index (χ0v) is 11.7. The zero-order valence-electron chi connectivity index (χ0n) is 11.7. The molecule has 1 amide bonds. The van der Waals surface area contributed by atoms with E-state index in [1.54, 1.807) is 18.2 Å². The first-order valence-corrected chi connectivity index (χ1v) is 7.08. The summed E-state index contributed by atoms with van der Waals surface area (Å²) in [6, 6.07) is 6.57. The van der Waals surface area contributed by atoms with Gasteiger partial charge in [0.15, 0.2) is 0 Å². The lowest BCUT2D eigenvalue weighted by Gasteiger charge is -2.11. The van der Waals surface area contributed by atoms with E-state index >= 15 is 0 Å². The number of nitrogens with one attached hydrogen (secondary N) is 2. The third-order valence-electron chi connectivity index (χ3n) is 3.68. The quantitative estimate of drug-likeness (QED) is 0.415. The highest BCUT2D eigenvalue weighted by Gasteiger charge is 2.27. The molecule has 1 aromatic rings. The molecule has 4 N–H and O–H groups in total. The summed E-state index contributed by atoms with van der Waals surface area (Å²) in [6.45, 7) is 0.867. The molecule has 1 saturated carbocycles. The van der Waals surface area contributed by atoms with Crippen molar-refractivity contribution in [2.24, 2.45) is 11.7 Å². The standard InChI is InChI=1S/C14H20N4O3/c15-11-6-5-10(9-11)14(19)17-8-7-16-12-3-1-2-4-13(12)18(20)21/h1-4,10-11,16H,5-9,15H2,(H,17,19). The van der Waals surface area contributed by atoms with Crippen LogP contribution in [-0.2, 0) is 4.79 Å². The van der Waals surface area contributed by atoms with Gasteiger partial charge in [0.1, 0.15) is 5.69 Å². The number of carbonyl (C=O) groups excluding carboxylic acids is 1. The fraction of sp³-hybridized carbons (Fsp3) is 0.500. The zero-order chi connectivity index (χ0) is 15.2. The molecule has 114 valence electrons. The molecule has 0 bridgehead atoms. The minimum atomic E-state index is -0.430. The molecule has 1 fully saturated rings. The van der Waals surface area contributed by atoms with Crippen molar-refractivity contribution >= 4 is 17.3 Å². The summed E-state index contributed by atoms with van der Waals surface area (Å²) in [6.07, 6.45) is 2.47. The van der Waals surface area contributed by atoms with Crippen LogP contribution in [0.2, 0.25) is 0 Å². The Labute approximate surface area is 123 Å². The van der Waals surface area contributed by atoms with Crippen LogP contribution < -0.4 is 16.4 Å². The van der Waals surface area contributed by atoms with Gasteiger partial charge in [-0.05, 0) is 25.3 Å². The molecule has 21 heavy (non-hydrogen) atoms. The predicted molar refractivity (Wildman–Crippen MR) is 79.9 cm³/mol. The van der Waals surface area contributed by atoms with Gasteiger partial charge in [-0.25, -0.2) is 0 Å². The van der Waals surface area contributed by atoms with Crippen molar-refractivity contribution in [3.8, 4) is 0 Å². The Hall–Kier alpha value is -2.15. The van der Waals surface area contributed by atoms with Crippen LogP contribution in [0.4, 0.5) is 11.4 Å². The van der Waals surface area contributed by atoms with Crippen molar-refractivity contribution in [2.75, 3.05) is 18.4 Å². The van der Waals surface area contributed by atoms with E-state index in [0.717, 1.165) is 19.3 Å². The van der Waals surface area contributed by atoms with Crippen LogP contribution in [0.25, 0.3) is 0 Å². The Morgan fingerprint density at radius 1 is 1.33 bits per heavy atom. The molecular formula is C14H20N4O3. The van der Waals surface area contributed by atoms with Crippen LogP contribution in [0, 0.1) is 16.0 Å². The average Bonchev–Trinajstić information content (AvgIpc) is 2.90. The topological polar surface area (TPSA) is 110 Å². The molecule has 2 rings (SSSR count). The minimum Gasteiger partial charge on any atom is -0.378 e. The van der Waals surface area contributed by atoms with E-state index in [1.165, 1.54) is 6.07 Å². The lowest BCUT2D eigenvalue weighted by atomic mass is 10.1. The van der Waals surface area contributed by atoms with Gasteiger partial charge in [0.05, 0.1) is 4.92 Å². The van der Waals surface area contributed by atoms with Crippen molar-refractivity contribution in [3.05, 3.63) is 34.4 Å². The number of hydrogen-bond donors (Lipinski definition) is 3. The molecule has 7 nitrogen and oxygen atoms in total. The van der Waals surface area contributed by atoms with E-state index in [1.807, 2.05) is 0 Å². The third kappa shape index (κ3) is 4.16. The number of para-hydroxylation sites is 2. The number of nitro groups is 1. The van der Waals surface area contributed by atoms with E-state index < -0.39 is 4.92 Å². The third-order valence-corrected chi connectivity index (χ3v) is 3.68.